The van der Waals surface area contributed by atoms with Gasteiger partial charge in [-0.05, 0) is 30.3 Å². The molecule has 2 rings (SSSR count). The van der Waals surface area contributed by atoms with Gasteiger partial charge >= 0.3 is 11.9 Å². The minimum Gasteiger partial charge on any atom is -0.496 e. The van der Waals surface area contributed by atoms with Gasteiger partial charge in [-0.1, -0.05) is 18.2 Å². The van der Waals surface area contributed by atoms with E-state index in [1.807, 2.05) is 18.2 Å². The second-order valence-corrected chi connectivity index (χ2v) is 4.46. The Morgan fingerprint density at radius 2 is 1.45 bits per heavy atom. The molecule has 0 aliphatic heterocycles. The van der Waals surface area contributed by atoms with Crippen molar-refractivity contribution in [3.63, 3.8) is 0 Å². The van der Waals surface area contributed by atoms with Crippen LogP contribution in [0.15, 0.2) is 48.5 Å². The van der Waals surface area contributed by atoms with Crippen molar-refractivity contribution in [1.82, 2.24) is 0 Å². The zero-order chi connectivity index (χ0) is 15.9. The summed E-state index contributed by atoms with van der Waals surface area (Å²) in [6.07, 6.45) is 0. The third-order valence-electron chi connectivity index (χ3n) is 3.09. The first-order valence-electron chi connectivity index (χ1n) is 6.63. The molecule has 0 saturated carbocycles. The lowest BCUT2D eigenvalue weighted by Gasteiger charge is -2.09. The second-order valence-electron chi connectivity index (χ2n) is 4.46. The van der Waals surface area contributed by atoms with Gasteiger partial charge in [0.25, 0.3) is 0 Å². The summed E-state index contributed by atoms with van der Waals surface area (Å²) in [5.41, 5.74) is 1.52. The molecule has 0 aliphatic rings. The third kappa shape index (κ3) is 3.63. The smallest absolute Gasteiger partial charge is 0.338 e. The molecule has 0 amide bonds. The van der Waals surface area contributed by atoms with E-state index in [0.717, 1.165) is 5.56 Å². The van der Waals surface area contributed by atoms with Gasteiger partial charge in [0.1, 0.15) is 12.4 Å². The van der Waals surface area contributed by atoms with Crippen LogP contribution >= 0.6 is 0 Å². The van der Waals surface area contributed by atoms with Crippen LogP contribution in [0.5, 0.6) is 5.75 Å². The normalized spacial score (nSPS) is 9.91. The number of esters is 2. The molecule has 0 N–H and O–H groups in total. The molecule has 114 valence electrons. The summed E-state index contributed by atoms with van der Waals surface area (Å²) < 4.78 is 15.0. The van der Waals surface area contributed by atoms with Crippen LogP contribution in [0.3, 0.4) is 0 Å². The number of carbonyl (C=O) groups is 2. The maximum atomic E-state index is 12.0. The van der Waals surface area contributed by atoms with Crippen molar-refractivity contribution in [2.45, 2.75) is 6.61 Å². The van der Waals surface area contributed by atoms with Crippen molar-refractivity contribution in [3.8, 4) is 5.75 Å². The molecule has 0 atom stereocenters. The summed E-state index contributed by atoms with van der Waals surface area (Å²) >= 11 is 0. The van der Waals surface area contributed by atoms with E-state index in [-0.39, 0.29) is 6.61 Å². The van der Waals surface area contributed by atoms with Gasteiger partial charge in [-0.25, -0.2) is 9.59 Å². The minimum absolute atomic E-state index is 0.113. The van der Waals surface area contributed by atoms with Crippen molar-refractivity contribution in [1.29, 1.82) is 0 Å². The zero-order valence-corrected chi connectivity index (χ0v) is 12.4. The molecule has 2 aromatic rings. The van der Waals surface area contributed by atoms with Crippen LogP contribution < -0.4 is 4.74 Å². The Hall–Kier alpha value is -2.82. The number of hydrogen-bond acceptors (Lipinski definition) is 5. The van der Waals surface area contributed by atoms with Gasteiger partial charge in [0.2, 0.25) is 0 Å². The molecule has 0 unspecified atom stereocenters. The first-order chi connectivity index (χ1) is 10.7. The van der Waals surface area contributed by atoms with Crippen LogP contribution in [0, 0.1) is 0 Å². The van der Waals surface area contributed by atoms with Gasteiger partial charge in [-0.2, -0.15) is 0 Å². The number of para-hydroxylation sites is 1. The van der Waals surface area contributed by atoms with Gasteiger partial charge < -0.3 is 14.2 Å². The van der Waals surface area contributed by atoms with Gasteiger partial charge in [0, 0.05) is 5.56 Å². The predicted octanol–water partition coefficient (Wildman–Crippen LogP) is 2.84. The minimum atomic E-state index is -0.470. The predicted molar refractivity (Wildman–Crippen MR) is 79.9 cm³/mol. The molecule has 0 saturated heterocycles. The first kappa shape index (κ1) is 15.6. The zero-order valence-electron chi connectivity index (χ0n) is 12.4. The maximum absolute atomic E-state index is 12.0. The maximum Gasteiger partial charge on any atom is 0.338 e. The van der Waals surface area contributed by atoms with E-state index in [2.05, 4.69) is 4.74 Å². The fraction of sp³-hybridized carbons (Fsp3) is 0.176. The SMILES string of the molecule is COC(=O)c1ccc(C(=O)OCc2ccccc2OC)cc1. The highest BCUT2D eigenvalue weighted by atomic mass is 16.5. The molecule has 0 bridgehead atoms. The molecule has 22 heavy (non-hydrogen) atoms. The molecular formula is C17H16O5. The molecule has 0 fully saturated rings. The lowest BCUT2D eigenvalue weighted by Crippen LogP contribution is -2.07. The third-order valence-corrected chi connectivity index (χ3v) is 3.09. The van der Waals surface area contributed by atoms with Gasteiger partial charge in [0.15, 0.2) is 0 Å². The Labute approximate surface area is 128 Å². The fourth-order valence-electron chi connectivity index (χ4n) is 1.91. The fourth-order valence-corrected chi connectivity index (χ4v) is 1.91. The number of benzene rings is 2. The van der Waals surface area contributed by atoms with Gasteiger partial charge in [-0.3, -0.25) is 0 Å². The van der Waals surface area contributed by atoms with E-state index >= 15 is 0 Å². The highest BCUT2D eigenvalue weighted by Crippen LogP contribution is 2.18. The van der Waals surface area contributed by atoms with Gasteiger partial charge in [0.05, 0.1) is 25.3 Å². The van der Waals surface area contributed by atoms with E-state index in [0.29, 0.717) is 16.9 Å². The summed E-state index contributed by atoms with van der Waals surface area (Å²) in [5.74, 6) is -0.257. The van der Waals surface area contributed by atoms with Crippen molar-refractivity contribution >= 4 is 11.9 Å². The number of rotatable bonds is 5. The van der Waals surface area contributed by atoms with Crippen LogP contribution in [-0.2, 0) is 16.1 Å². The van der Waals surface area contributed by atoms with E-state index < -0.39 is 11.9 Å². The topological polar surface area (TPSA) is 61.8 Å². The van der Waals surface area contributed by atoms with Crippen molar-refractivity contribution < 1.29 is 23.8 Å². The summed E-state index contributed by atoms with van der Waals surface area (Å²) in [4.78, 5) is 23.3. The van der Waals surface area contributed by atoms with E-state index in [1.165, 1.54) is 31.4 Å². The Morgan fingerprint density at radius 3 is 2.05 bits per heavy atom. The lowest BCUT2D eigenvalue weighted by molar-refractivity contribution is 0.0468. The number of hydrogen-bond donors (Lipinski definition) is 0. The molecule has 0 heterocycles. The van der Waals surface area contributed by atoms with Crippen molar-refractivity contribution in [3.05, 3.63) is 65.2 Å². The molecule has 5 heteroatoms. The number of methoxy groups -OCH3 is 2. The molecule has 2 aromatic carbocycles. The molecule has 5 nitrogen and oxygen atoms in total. The van der Waals surface area contributed by atoms with Crippen LogP contribution in [0.25, 0.3) is 0 Å². The highest BCUT2D eigenvalue weighted by Gasteiger charge is 2.11. The Morgan fingerprint density at radius 1 is 0.864 bits per heavy atom. The molecule has 0 aliphatic carbocycles. The summed E-state index contributed by atoms with van der Waals surface area (Å²) in [7, 11) is 2.87. The Balaban J connectivity index is 2.02. The molecule has 0 aromatic heterocycles. The van der Waals surface area contributed by atoms with Gasteiger partial charge in [-0.15, -0.1) is 0 Å². The van der Waals surface area contributed by atoms with Crippen LogP contribution in [0.4, 0.5) is 0 Å². The largest absolute Gasteiger partial charge is 0.496 e. The number of ether oxygens (including phenoxy) is 3. The molecule has 0 spiro atoms. The van der Waals surface area contributed by atoms with E-state index in [1.54, 1.807) is 13.2 Å². The van der Waals surface area contributed by atoms with Crippen LogP contribution in [0.2, 0.25) is 0 Å². The molecule has 0 radical (unpaired) electrons. The standard InChI is InChI=1S/C17H16O5/c1-20-15-6-4-3-5-14(15)11-22-17(19)13-9-7-12(8-10-13)16(18)21-2/h3-10H,11H2,1-2H3. The van der Waals surface area contributed by atoms with E-state index in [9.17, 15) is 9.59 Å². The molecular weight excluding hydrogens is 284 g/mol. The Bertz CT molecular complexity index is 661. The van der Waals surface area contributed by atoms with Crippen molar-refractivity contribution in [2.75, 3.05) is 14.2 Å². The summed E-state index contributed by atoms with van der Waals surface area (Å²) in [6.45, 7) is 0.113. The second kappa shape index (κ2) is 7.26. The first-order valence-corrected chi connectivity index (χ1v) is 6.63. The average molecular weight is 300 g/mol. The Kier molecular flexibility index (Phi) is 5.14. The van der Waals surface area contributed by atoms with Crippen LogP contribution in [-0.4, -0.2) is 26.2 Å². The lowest BCUT2D eigenvalue weighted by atomic mass is 10.1. The quantitative estimate of drug-likeness (QED) is 0.795. The summed E-state index contributed by atoms with van der Waals surface area (Å²) in [5, 5.41) is 0. The van der Waals surface area contributed by atoms with E-state index in [4.69, 9.17) is 9.47 Å². The highest BCUT2D eigenvalue weighted by molar-refractivity contribution is 5.93. The monoisotopic (exact) mass is 300 g/mol. The van der Waals surface area contributed by atoms with Crippen LogP contribution in [0.1, 0.15) is 26.3 Å². The average Bonchev–Trinajstić information content (AvgIpc) is 2.59. The summed E-state index contributed by atoms with van der Waals surface area (Å²) in [6, 6.07) is 13.4. The number of carbonyl (C=O) groups excluding carboxylic acids is 2. The van der Waals surface area contributed by atoms with Crippen molar-refractivity contribution in [2.24, 2.45) is 0 Å².